The first kappa shape index (κ1) is 29.1. The van der Waals surface area contributed by atoms with Crippen molar-refractivity contribution in [1.82, 2.24) is 10.2 Å². The lowest BCUT2D eigenvalue weighted by Gasteiger charge is -2.32. The average molecular weight is 633 g/mol. The van der Waals surface area contributed by atoms with E-state index in [1.54, 1.807) is 73.7 Å². The summed E-state index contributed by atoms with van der Waals surface area (Å²) >= 11 is 9.46. The molecule has 1 aliphatic carbocycles. The van der Waals surface area contributed by atoms with E-state index in [1.165, 1.54) is 17.0 Å². The van der Waals surface area contributed by atoms with Gasteiger partial charge in [0.15, 0.2) is 0 Å². The van der Waals surface area contributed by atoms with E-state index in [-0.39, 0.29) is 23.4 Å². The molecule has 7 nitrogen and oxygen atoms in total. The molecule has 39 heavy (non-hydrogen) atoms. The lowest BCUT2D eigenvalue weighted by atomic mass is 10.1. The monoisotopic (exact) mass is 631 g/mol. The van der Waals surface area contributed by atoms with Crippen LogP contribution in [0, 0.1) is 0 Å². The molecule has 0 unspecified atom stereocenters. The summed E-state index contributed by atoms with van der Waals surface area (Å²) < 4.78 is 29.3. The molecular formula is C29H31BrClN3O4S. The van der Waals surface area contributed by atoms with Crippen molar-refractivity contribution in [3.63, 3.8) is 0 Å². The fourth-order valence-corrected chi connectivity index (χ4v) is 6.58. The molecule has 1 fully saturated rings. The molecule has 10 heteroatoms. The van der Waals surface area contributed by atoms with Crippen LogP contribution in [0.2, 0.25) is 5.02 Å². The minimum absolute atomic E-state index is 0.0639. The maximum Gasteiger partial charge on any atom is 0.264 e. The van der Waals surface area contributed by atoms with Crippen molar-refractivity contribution in [3.05, 3.63) is 93.9 Å². The SMILES string of the molecule is C[C@H](C(=O)NC1CCCC1)N(Cc1ccc(Cl)cc1)C(=O)CN(c1cccc(Br)c1)S(=O)(=O)c1ccccc1. The molecule has 0 bridgehead atoms. The molecule has 1 aliphatic rings. The van der Waals surface area contributed by atoms with E-state index < -0.39 is 28.5 Å². The van der Waals surface area contributed by atoms with Crippen LogP contribution in [0.5, 0.6) is 0 Å². The van der Waals surface area contributed by atoms with Gasteiger partial charge < -0.3 is 10.2 Å². The fraction of sp³-hybridized carbons (Fsp3) is 0.310. The molecule has 0 saturated heterocycles. The molecule has 4 rings (SSSR count). The summed E-state index contributed by atoms with van der Waals surface area (Å²) in [5.41, 5.74) is 1.10. The second-order valence-corrected chi connectivity index (χ2v) is 12.8. The highest BCUT2D eigenvalue weighted by atomic mass is 79.9. The third-order valence-electron chi connectivity index (χ3n) is 6.84. The average Bonchev–Trinajstić information content (AvgIpc) is 3.44. The summed E-state index contributed by atoms with van der Waals surface area (Å²) in [5, 5.41) is 3.62. The Morgan fingerprint density at radius 1 is 1.00 bits per heavy atom. The van der Waals surface area contributed by atoms with Gasteiger partial charge in [-0.25, -0.2) is 8.42 Å². The van der Waals surface area contributed by atoms with Crippen molar-refractivity contribution >= 4 is 55.1 Å². The predicted octanol–water partition coefficient (Wildman–Crippen LogP) is 5.77. The topological polar surface area (TPSA) is 86.8 Å². The van der Waals surface area contributed by atoms with E-state index in [2.05, 4.69) is 21.2 Å². The zero-order valence-electron chi connectivity index (χ0n) is 21.6. The number of anilines is 1. The van der Waals surface area contributed by atoms with Crippen molar-refractivity contribution in [2.24, 2.45) is 0 Å². The summed E-state index contributed by atoms with van der Waals surface area (Å²) in [5.74, 6) is -0.761. The molecule has 1 atom stereocenters. The van der Waals surface area contributed by atoms with Gasteiger partial charge in [0, 0.05) is 22.1 Å². The first-order valence-electron chi connectivity index (χ1n) is 12.8. The highest BCUT2D eigenvalue weighted by Crippen LogP contribution is 2.27. The van der Waals surface area contributed by atoms with E-state index in [0.29, 0.717) is 15.2 Å². The number of nitrogens with zero attached hydrogens (tertiary/aromatic N) is 2. The summed E-state index contributed by atoms with van der Waals surface area (Å²) in [4.78, 5) is 28.7. The lowest BCUT2D eigenvalue weighted by Crippen LogP contribution is -2.52. The molecule has 206 valence electrons. The summed E-state index contributed by atoms with van der Waals surface area (Å²) in [6.07, 6.45) is 3.95. The molecule has 1 N–H and O–H groups in total. The van der Waals surface area contributed by atoms with Crippen LogP contribution in [0.25, 0.3) is 0 Å². The van der Waals surface area contributed by atoms with Gasteiger partial charge in [-0.15, -0.1) is 0 Å². The Kier molecular flexibility index (Phi) is 9.69. The third kappa shape index (κ3) is 7.41. The Bertz CT molecular complexity index is 1400. The quantitative estimate of drug-likeness (QED) is 0.307. The van der Waals surface area contributed by atoms with E-state index in [4.69, 9.17) is 11.6 Å². The van der Waals surface area contributed by atoms with E-state index in [1.807, 2.05) is 0 Å². The van der Waals surface area contributed by atoms with Crippen LogP contribution in [0.1, 0.15) is 38.2 Å². The van der Waals surface area contributed by atoms with Crippen molar-refractivity contribution < 1.29 is 18.0 Å². The van der Waals surface area contributed by atoms with Gasteiger partial charge in [0.2, 0.25) is 11.8 Å². The van der Waals surface area contributed by atoms with Gasteiger partial charge in [0.1, 0.15) is 12.6 Å². The van der Waals surface area contributed by atoms with Crippen LogP contribution < -0.4 is 9.62 Å². The van der Waals surface area contributed by atoms with Crippen LogP contribution in [0.15, 0.2) is 88.2 Å². The zero-order valence-corrected chi connectivity index (χ0v) is 24.8. The highest BCUT2D eigenvalue weighted by molar-refractivity contribution is 9.10. The minimum Gasteiger partial charge on any atom is -0.352 e. The van der Waals surface area contributed by atoms with Crippen molar-refractivity contribution in [2.45, 2.75) is 56.1 Å². The lowest BCUT2D eigenvalue weighted by molar-refractivity contribution is -0.139. The molecule has 3 aromatic rings. The Balaban J connectivity index is 1.67. The van der Waals surface area contributed by atoms with Gasteiger partial charge in [0.05, 0.1) is 10.6 Å². The highest BCUT2D eigenvalue weighted by Gasteiger charge is 2.33. The van der Waals surface area contributed by atoms with Crippen molar-refractivity contribution in [1.29, 1.82) is 0 Å². The molecular weight excluding hydrogens is 602 g/mol. The Hall–Kier alpha value is -2.88. The second-order valence-electron chi connectivity index (χ2n) is 9.62. The van der Waals surface area contributed by atoms with Gasteiger partial charge >= 0.3 is 0 Å². The Morgan fingerprint density at radius 2 is 1.67 bits per heavy atom. The van der Waals surface area contributed by atoms with Gasteiger partial charge in [-0.2, -0.15) is 0 Å². The van der Waals surface area contributed by atoms with Gasteiger partial charge in [-0.3, -0.25) is 13.9 Å². The number of carbonyl (C=O) groups excluding carboxylic acids is 2. The minimum atomic E-state index is -4.10. The standard InChI is InChI=1S/C29H31BrClN3O4S/c1-21(29(36)32-25-9-5-6-10-25)33(19-22-14-16-24(31)17-15-22)28(35)20-34(26-11-7-8-23(30)18-26)39(37,38)27-12-3-2-4-13-27/h2-4,7-8,11-18,21,25H,5-6,9-10,19-20H2,1H3,(H,32,36)/t21-/m1/s1. The third-order valence-corrected chi connectivity index (χ3v) is 9.37. The Morgan fingerprint density at radius 3 is 2.31 bits per heavy atom. The summed E-state index contributed by atoms with van der Waals surface area (Å²) in [6, 6.07) is 21.0. The predicted molar refractivity (Wildman–Crippen MR) is 157 cm³/mol. The maximum atomic E-state index is 13.9. The van der Waals surface area contributed by atoms with Crippen LogP contribution in [0.3, 0.4) is 0 Å². The number of hydrogen-bond acceptors (Lipinski definition) is 4. The smallest absolute Gasteiger partial charge is 0.264 e. The first-order chi connectivity index (χ1) is 18.6. The van der Waals surface area contributed by atoms with E-state index in [0.717, 1.165) is 35.6 Å². The molecule has 3 aromatic carbocycles. The van der Waals surface area contributed by atoms with Crippen LogP contribution in [-0.4, -0.2) is 43.8 Å². The van der Waals surface area contributed by atoms with Crippen molar-refractivity contribution in [2.75, 3.05) is 10.8 Å². The van der Waals surface area contributed by atoms with Gasteiger partial charge in [0.25, 0.3) is 10.0 Å². The number of carbonyl (C=O) groups is 2. The fourth-order valence-electron chi connectivity index (χ4n) is 4.64. The number of rotatable bonds is 10. The summed E-state index contributed by atoms with van der Waals surface area (Å²) in [6.45, 7) is 1.31. The molecule has 1 saturated carbocycles. The molecule has 0 aliphatic heterocycles. The number of halogens is 2. The number of benzene rings is 3. The largest absolute Gasteiger partial charge is 0.352 e. The molecule has 2 amide bonds. The number of sulfonamides is 1. The molecule has 0 radical (unpaired) electrons. The molecule has 0 spiro atoms. The van der Waals surface area contributed by atoms with E-state index >= 15 is 0 Å². The maximum absolute atomic E-state index is 13.9. The second kappa shape index (κ2) is 13.0. The number of nitrogens with one attached hydrogen (secondary N) is 1. The number of amides is 2. The normalized spacial score (nSPS) is 14.5. The van der Waals surface area contributed by atoms with Gasteiger partial charge in [-0.1, -0.05) is 76.8 Å². The molecule has 0 aromatic heterocycles. The van der Waals surface area contributed by atoms with Crippen LogP contribution >= 0.6 is 27.5 Å². The molecule has 0 heterocycles. The number of hydrogen-bond donors (Lipinski definition) is 1. The van der Waals surface area contributed by atoms with Crippen molar-refractivity contribution in [3.8, 4) is 0 Å². The van der Waals surface area contributed by atoms with E-state index in [9.17, 15) is 18.0 Å². The Labute approximate surface area is 243 Å². The first-order valence-corrected chi connectivity index (χ1v) is 15.4. The van der Waals surface area contributed by atoms with Gasteiger partial charge in [-0.05, 0) is 67.8 Å². The van der Waals surface area contributed by atoms with Crippen LogP contribution in [0.4, 0.5) is 5.69 Å². The van der Waals surface area contributed by atoms with Crippen LogP contribution in [-0.2, 0) is 26.2 Å². The summed E-state index contributed by atoms with van der Waals surface area (Å²) in [7, 11) is -4.10. The zero-order chi connectivity index (χ0) is 28.0.